The van der Waals surface area contributed by atoms with Crippen LogP contribution in [-0.4, -0.2) is 29.4 Å². The molecule has 0 aromatic heterocycles. The average Bonchev–Trinajstić information content (AvgIpc) is 2.61. The second-order valence-electron chi connectivity index (χ2n) is 5.45. The smallest absolute Gasteiger partial charge is 0.410 e. The molecule has 5 heteroatoms. The molecule has 5 nitrogen and oxygen atoms in total. The van der Waals surface area contributed by atoms with Gasteiger partial charge in [0.15, 0.2) is 5.78 Å². The maximum atomic E-state index is 12.6. The van der Waals surface area contributed by atoms with E-state index in [0.29, 0.717) is 17.8 Å². The predicted molar refractivity (Wildman–Crippen MR) is 93.7 cm³/mol. The normalized spacial score (nSPS) is 11.6. The summed E-state index contributed by atoms with van der Waals surface area (Å²) in [5.74, 6) is -0.202. The number of hydrogen-bond donors (Lipinski definition) is 1. The molecule has 0 aliphatic heterocycles. The Hall–Kier alpha value is -2.82. The minimum Gasteiger partial charge on any atom is -0.445 e. The molecular weight excluding hydrogens is 304 g/mol. The van der Waals surface area contributed by atoms with Crippen molar-refractivity contribution < 1.29 is 14.3 Å². The van der Waals surface area contributed by atoms with Gasteiger partial charge in [0, 0.05) is 17.8 Å². The van der Waals surface area contributed by atoms with Crippen LogP contribution in [0, 0.1) is 0 Å². The molecule has 0 fully saturated rings. The number of amides is 1. The van der Waals surface area contributed by atoms with E-state index in [4.69, 9.17) is 10.5 Å². The fourth-order valence-electron chi connectivity index (χ4n) is 2.45. The van der Waals surface area contributed by atoms with Crippen molar-refractivity contribution in [2.75, 3.05) is 12.3 Å². The molecule has 1 unspecified atom stereocenters. The molecule has 0 bridgehead atoms. The van der Waals surface area contributed by atoms with Crippen LogP contribution in [0.1, 0.15) is 29.8 Å². The monoisotopic (exact) mass is 326 g/mol. The molecule has 24 heavy (non-hydrogen) atoms. The Morgan fingerprint density at radius 3 is 2.33 bits per heavy atom. The summed E-state index contributed by atoms with van der Waals surface area (Å²) in [5.41, 5.74) is 7.57. The van der Waals surface area contributed by atoms with E-state index in [-0.39, 0.29) is 12.4 Å². The van der Waals surface area contributed by atoms with Crippen LogP contribution >= 0.6 is 0 Å². The topological polar surface area (TPSA) is 72.6 Å². The highest BCUT2D eigenvalue weighted by Crippen LogP contribution is 2.16. The highest BCUT2D eigenvalue weighted by molar-refractivity contribution is 6.05. The van der Waals surface area contributed by atoms with Gasteiger partial charge in [0.1, 0.15) is 6.61 Å². The molecule has 0 aliphatic rings. The van der Waals surface area contributed by atoms with Crippen molar-refractivity contribution in [3.8, 4) is 0 Å². The number of para-hydroxylation sites is 1. The van der Waals surface area contributed by atoms with Crippen LogP contribution in [0.25, 0.3) is 0 Å². The second kappa shape index (κ2) is 8.15. The molecule has 0 saturated carbocycles. The van der Waals surface area contributed by atoms with E-state index < -0.39 is 12.1 Å². The maximum Gasteiger partial charge on any atom is 0.410 e. The fourth-order valence-corrected chi connectivity index (χ4v) is 2.45. The number of nitrogens with two attached hydrogens (primary N) is 1. The van der Waals surface area contributed by atoms with Gasteiger partial charge in [-0.15, -0.1) is 0 Å². The number of Topliss-reactive ketones (excluding diaryl/α,β-unsaturated/α-hetero) is 1. The average molecular weight is 326 g/mol. The number of nitrogens with zero attached hydrogens (tertiary/aromatic N) is 1. The summed E-state index contributed by atoms with van der Waals surface area (Å²) < 4.78 is 5.32. The molecule has 0 radical (unpaired) electrons. The summed E-state index contributed by atoms with van der Waals surface area (Å²) >= 11 is 0. The number of rotatable bonds is 6. The van der Waals surface area contributed by atoms with Crippen molar-refractivity contribution in [1.29, 1.82) is 0 Å². The van der Waals surface area contributed by atoms with Crippen molar-refractivity contribution in [2.24, 2.45) is 0 Å². The molecule has 2 aromatic carbocycles. The Bertz CT molecular complexity index is 701. The summed E-state index contributed by atoms with van der Waals surface area (Å²) in [7, 11) is 0. The van der Waals surface area contributed by atoms with E-state index in [1.54, 1.807) is 31.2 Å². The largest absolute Gasteiger partial charge is 0.445 e. The lowest BCUT2D eigenvalue weighted by Crippen LogP contribution is -2.43. The second-order valence-corrected chi connectivity index (χ2v) is 5.45. The molecule has 0 spiro atoms. The molecule has 2 rings (SSSR count). The lowest BCUT2D eigenvalue weighted by molar-refractivity contribution is 0.0692. The Morgan fingerprint density at radius 1 is 1.08 bits per heavy atom. The highest BCUT2D eigenvalue weighted by atomic mass is 16.6. The zero-order valence-electron chi connectivity index (χ0n) is 13.9. The standard InChI is InChI=1S/C19H22N2O3/c1-3-21(19(23)24-13-15-9-5-4-6-10-15)14(2)18(22)16-11-7-8-12-17(16)20/h4-12,14H,3,13,20H2,1-2H3. The van der Waals surface area contributed by atoms with E-state index >= 15 is 0 Å². The van der Waals surface area contributed by atoms with Gasteiger partial charge in [-0.05, 0) is 31.5 Å². The van der Waals surface area contributed by atoms with Crippen molar-refractivity contribution in [1.82, 2.24) is 4.90 Å². The zero-order valence-corrected chi connectivity index (χ0v) is 13.9. The van der Waals surface area contributed by atoms with Gasteiger partial charge in [0.25, 0.3) is 0 Å². The Balaban J connectivity index is 2.05. The first kappa shape index (κ1) is 17.5. The molecular formula is C19H22N2O3. The first-order valence-electron chi connectivity index (χ1n) is 7.90. The van der Waals surface area contributed by atoms with E-state index in [0.717, 1.165) is 5.56 Å². The number of benzene rings is 2. The number of nitrogen functional groups attached to an aromatic ring is 1. The molecule has 0 heterocycles. The third kappa shape index (κ3) is 4.13. The predicted octanol–water partition coefficient (Wildman–Crippen LogP) is 3.50. The fraction of sp³-hybridized carbons (Fsp3) is 0.263. The molecule has 2 aromatic rings. The van der Waals surface area contributed by atoms with Crippen LogP contribution in [0.5, 0.6) is 0 Å². The van der Waals surface area contributed by atoms with Gasteiger partial charge in [0.2, 0.25) is 0 Å². The van der Waals surface area contributed by atoms with Gasteiger partial charge in [-0.2, -0.15) is 0 Å². The number of likely N-dealkylation sites (N-methyl/N-ethyl adjacent to an activating group) is 1. The van der Waals surface area contributed by atoms with Gasteiger partial charge in [-0.25, -0.2) is 4.79 Å². The number of ketones is 1. The number of ether oxygens (including phenoxy) is 1. The van der Waals surface area contributed by atoms with E-state index in [1.165, 1.54) is 4.90 Å². The Kier molecular flexibility index (Phi) is 5.95. The molecule has 1 amide bonds. The first-order valence-corrected chi connectivity index (χ1v) is 7.90. The number of anilines is 1. The molecule has 2 N–H and O–H groups in total. The van der Waals surface area contributed by atoms with E-state index in [2.05, 4.69) is 0 Å². The van der Waals surface area contributed by atoms with Crippen LogP contribution in [0.2, 0.25) is 0 Å². The minimum atomic E-state index is -0.650. The van der Waals surface area contributed by atoms with Crippen molar-refractivity contribution in [3.05, 3.63) is 65.7 Å². The third-order valence-electron chi connectivity index (χ3n) is 3.85. The van der Waals surface area contributed by atoms with E-state index in [9.17, 15) is 9.59 Å². The SMILES string of the molecule is CCN(C(=O)OCc1ccccc1)C(C)C(=O)c1ccccc1N. The number of hydrogen-bond acceptors (Lipinski definition) is 4. The van der Waals surface area contributed by atoms with Crippen LogP contribution in [0.4, 0.5) is 10.5 Å². The van der Waals surface area contributed by atoms with Gasteiger partial charge in [-0.1, -0.05) is 42.5 Å². The van der Waals surface area contributed by atoms with Gasteiger partial charge >= 0.3 is 6.09 Å². The summed E-state index contributed by atoms with van der Waals surface area (Å²) in [6.45, 7) is 4.03. The first-order chi connectivity index (χ1) is 11.5. The van der Waals surface area contributed by atoms with Crippen LogP contribution in [0.15, 0.2) is 54.6 Å². The highest BCUT2D eigenvalue weighted by Gasteiger charge is 2.27. The summed E-state index contributed by atoms with van der Waals surface area (Å²) in [6.07, 6.45) is -0.517. The summed E-state index contributed by atoms with van der Waals surface area (Å²) in [5, 5.41) is 0. The summed E-state index contributed by atoms with van der Waals surface area (Å²) in [6, 6.07) is 15.6. The zero-order chi connectivity index (χ0) is 17.5. The molecule has 1 atom stereocenters. The van der Waals surface area contributed by atoms with Crippen LogP contribution in [0.3, 0.4) is 0 Å². The van der Waals surface area contributed by atoms with Gasteiger partial charge < -0.3 is 10.5 Å². The lowest BCUT2D eigenvalue weighted by atomic mass is 10.0. The van der Waals surface area contributed by atoms with Gasteiger partial charge in [-0.3, -0.25) is 9.69 Å². The summed E-state index contributed by atoms with van der Waals surface area (Å²) in [4.78, 5) is 26.3. The van der Waals surface area contributed by atoms with Gasteiger partial charge in [0.05, 0.1) is 6.04 Å². The molecule has 126 valence electrons. The number of carbonyl (C=O) groups excluding carboxylic acids is 2. The van der Waals surface area contributed by atoms with Crippen LogP contribution < -0.4 is 5.73 Å². The maximum absolute atomic E-state index is 12.6. The number of carbonyl (C=O) groups is 2. The Labute approximate surface area is 142 Å². The quantitative estimate of drug-likeness (QED) is 0.651. The Morgan fingerprint density at radius 2 is 1.71 bits per heavy atom. The molecule has 0 saturated heterocycles. The van der Waals surface area contributed by atoms with Crippen molar-refractivity contribution in [2.45, 2.75) is 26.5 Å². The van der Waals surface area contributed by atoms with Crippen molar-refractivity contribution in [3.63, 3.8) is 0 Å². The molecule has 0 aliphatic carbocycles. The van der Waals surface area contributed by atoms with Crippen LogP contribution in [-0.2, 0) is 11.3 Å². The van der Waals surface area contributed by atoms with Crippen molar-refractivity contribution >= 4 is 17.6 Å². The van der Waals surface area contributed by atoms with E-state index in [1.807, 2.05) is 37.3 Å². The lowest BCUT2D eigenvalue weighted by Gasteiger charge is -2.26. The minimum absolute atomic E-state index is 0.171. The third-order valence-corrected chi connectivity index (χ3v) is 3.85.